The van der Waals surface area contributed by atoms with Crippen molar-refractivity contribution in [2.75, 3.05) is 5.32 Å². The van der Waals surface area contributed by atoms with Crippen molar-refractivity contribution in [3.05, 3.63) is 86.9 Å². The topological polar surface area (TPSA) is 67.4 Å². The van der Waals surface area contributed by atoms with Crippen molar-refractivity contribution in [2.45, 2.75) is 26.9 Å². The lowest BCUT2D eigenvalue weighted by atomic mass is 10.1. The molecule has 3 aromatic carbocycles. The van der Waals surface area contributed by atoms with Crippen molar-refractivity contribution >= 4 is 29.2 Å². The van der Waals surface area contributed by atoms with Gasteiger partial charge < -0.3 is 10.1 Å². The van der Waals surface area contributed by atoms with Gasteiger partial charge in [-0.15, -0.1) is 0 Å². The van der Waals surface area contributed by atoms with Crippen molar-refractivity contribution in [3.63, 3.8) is 0 Å². The Kier molecular flexibility index (Phi) is 7.35. The molecule has 35 heavy (non-hydrogen) atoms. The molecule has 0 unspecified atom stereocenters. The van der Waals surface area contributed by atoms with Crippen LogP contribution in [0.1, 0.15) is 32.6 Å². The van der Waals surface area contributed by atoms with Crippen LogP contribution < -0.4 is 15.4 Å². The Labute approximate surface area is 201 Å². The lowest BCUT2D eigenvalue weighted by Crippen LogP contribution is -2.35. The third-order valence-corrected chi connectivity index (χ3v) is 5.49. The van der Waals surface area contributed by atoms with Crippen molar-refractivity contribution < 1.29 is 36.3 Å². The number of urea groups is 1. The molecular formula is C24H18ClF5N2O3. The Bertz CT molecular complexity index is 1310. The van der Waals surface area contributed by atoms with Gasteiger partial charge in [-0.2, -0.15) is 13.2 Å². The van der Waals surface area contributed by atoms with Gasteiger partial charge in [0.25, 0.3) is 5.91 Å². The molecule has 0 heterocycles. The number of aryl methyl sites for hydroxylation is 2. The van der Waals surface area contributed by atoms with Gasteiger partial charge in [0.05, 0.1) is 10.6 Å². The van der Waals surface area contributed by atoms with Crippen LogP contribution in [0, 0.1) is 32.4 Å². The molecule has 0 fully saturated rings. The van der Waals surface area contributed by atoms with Gasteiger partial charge >= 0.3 is 12.2 Å². The average Bonchev–Trinajstić information content (AvgIpc) is 2.75. The number of hydrogen-bond acceptors (Lipinski definition) is 3. The largest absolute Gasteiger partial charge is 0.455 e. The molecular weight excluding hydrogens is 495 g/mol. The molecule has 0 aliphatic rings. The molecule has 0 spiro atoms. The van der Waals surface area contributed by atoms with Gasteiger partial charge in [0.1, 0.15) is 28.7 Å². The third kappa shape index (κ3) is 5.71. The number of carbonyl (C=O) groups is 2. The maximum Gasteiger partial charge on any atom is 0.416 e. The fourth-order valence-electron chi connectivity index (χ4n) is 3.19. The van der Waals surface area contributed by atoms with Crippen molar-refractivity contribution in [2.24, 2.45) is 0 Å². The normalized spacial score (nSPS) is 11.2. The second-order valence-corrected chi connectivity index (χ2v) is 7.97. The van der Waals surface area contributed by atoms with E-state index < -0.39 is 40.9 Å². The predicted octanol–water partition coefficient (Wildman–Crippen LogP) is 7.32. The minimum Gasteiger partial charge on any atom is -0.455 e. The van der Waals surface area contributed by atoms with Crippen LogP contribution in [0.3, 0.4) is 0 Å². The summed E-state index contributed by atoms with van der Waals surface area (Å²) in [6.45, 7) is 4.57. The van der Waals surface area contributed by atoms with Crippen molar-refractivity contribution in [3.8, 4) is 11.5 Å². The first kappa shape index (κ1) is 26.0. The van der Waals surface area contributed by atoms with Crippen molar-refractivity contribution in [1.29, 1.82) is 0 Å². The number of benzene rings is 3. The van der Waals surface area contributed by atoms with E-state index in [1.165, 1.54) is 26.0 Å². The number of halogens is 6. The molecule has 5 nitrogen and oxygen atoms in total. The van der Waals surface area contributed by atoms with E-state index in [-0.39, 0.29) is 27.8 Å². The van der Waals surface area contributed by atoms with E-state index in [0.29, 0.717) is 11.1 Å². The van der Waals surface area contributed by atoms with E-state index in [1.807, 2.05) is 5.32 Å². The van der Waals surface area contributed by atoms with Crippen LogP contribution in [0.4, 0.5) is 32.4 Å². The van der Waals surface area contributed by atoms with Crippen LogP contribution in [0.2, 0.25) is 5.02 Å². The molecule has 2 N–H and O–H groups in total. The summed E-state index contributed by atoms with van der Waals surface area (Å²) in [5, 5.41) is 4.28. The SMILES string of the molecule is Cc1cc(C(F)(F)F)ccc1Oc1c(C)cc(NC(=O)NC(=O)c2c(F)cccc2F)c(C)c1Cl. The second kappa shape index (κ2) is 9.91. The maximum atomic E-state index is 13.8. The van der Waals surface area contributed by atoms with E-state index >= 15 is 0 Å². The Morgan fingerprint density at radius 1 is 0.943 bits per heavy atom. The molecule has 184 valence electrons. The molecule has 3 aromatic rings. The first-order valence-corrected chi connectivity index (χ1v) is 10.4. The zero-order chi connectivity index (χ0) is 26.1. The second-order valence-electron chi connectivity index (χ2n) is 7.59. The van der Waals surface area contributed by atoms with Gasteiger partial charge in [-0.3, -0.25) is 10.1 Å². The summed E-state index contributed by atoms with van der Waals surface area (Å²) in [6, 6.07) is 6.23. The molecule has 0 aliphatic carbocycles. The third-order valence-electron chi connectivity index (χ3n) is 5.03. The fourth-order valence-corrected chi connectivity index (χ4v) is 3.48. The van der Waals surface area contributed by atoms with E-state index in [4.69, 9.17) is 16.3 Å². The molecule has 3 rings (SSSR count). The van der Waals surface area contributed by atoms with Gasteiger partial charge in [-0.1, -0.05) is 17.7 Å². The minimum absolute atomic E-state index is 0.0612. The van der Waals surface area contributed by atoms with E-state index in [2.05, 4.69) is 5.32 Å². The van der Waals surface area contributed by atoms with E-state index in [1.54, 1.807) is 6.92 Å². The lowest BCUT2D eigenvalue weighted by Gasteiger charge is -2.18. The highest BCUT2D eigenvalue weighted by Gasteiger charge is 2.31. The quantitative estimate of drug-likeness (QED) is 0.360. The average molecular weight is 513 g/mol. The van der Waals surface area contributed by atoms with Gasteiger partial charge in [0.2, 0.25) is 0 Å². The smallest absolute Gasteiger partial charge is 0.416 e. The summed E-state index contributed by atoms with van der Waals surface area (Å²) >= 11 is 6.39. The lowest BCUT2D eigenvalue weighted by molar-refractivity contribution is -0.137. The van der Waals surface area contributed by atoms with Gasteiger partial charge in [0, 0.05) is 5.69 Å². The molecule has 0 radical (unpaired) electrons. The minimum atomic E-state index is -4.50. The molecule has 3 amide bonds. The Hall–Kier alpha value is -3.66. The molecule has 0 saturated carbocycles. The van der Waals surface area contributed by atoms with Crippen molar-refractivity contribution in [1.82, 2.24) is 5.32 Å². The summed E-state index contributed by atoms with van der Waals surface area (Å²) in [5.74, 6) is -3.24. The van der Waals surface area contributed by atoms with E-state index in [0.717, 1.165) is 30.3 Å². The number of amides is 3. The summed E-state index contributed by atoms with van der Waals surface area (Å²) in [4.78, 5) is 24.4. The zero-order valence-corrected chi connectivity index (χ0v) is 19.3. The Morgan fingerprint density at radius 2 is 1.57 bits per heavy atom. The van der Waals surface area contributed by atoms with Gasteiger partial charge in [-0.05, 0) is 73.9 Å². The zero-order valence-electron chi connectivity index (χ0n) is 18.5. The number of rotatable bonds is 4. The fraction of sp³-hybridized carbons (Fsp3) is 0.167. The highest BCUT2D eigenvalue weighted by atomic mass is 35.5. The Balaban J connectivity index is 1.81. The molecule has 0 aromatic heterocycles. The summed E-state index contributed by atoms with van der Waals surface area (Å²) < 4.78 is 72.0. The Morgan fingerprint density at radius 3 is 2.14 bits per heavy atom. The summed E-state index contributed by atoms with van der Waals surface area (Å²) in [6.07, 6.45) is -4.50. The number of ether oxygens (including phenoxy) is 1. The van der Waals surface area contributed by atoms with Crippen LogP contribution in [0.5, 0.6) is 11.5 Å². The predicted molar refractivity (Wildman–Crippen MR) is 120 cm³/mol. The number of carbonyl (C=O) groups excluding carboxylic acids is 2. The van der Waals surface area contributed by atoms with Crippen LogP contribution >= 0.6 is 11.6 Å². The number of anilines is 1. The highest BCUT2D eigenvalue weighted by Crippen LogP contribution is 2.40. The monoisotopic (exact) mass is 512 g/mol. The highest BCUT2D eigenvalue weighted by molar-refractivity contribution is 6.33. The number of nitrogens with one attached hydrogen (secondary N) is 2. The maximum absolute atomic E-state index is 13.8. The van der Waals surface area contributed by atoms with Crippen LogP contribution in [0.15, 0.2) is 42.5 Å². The van der Waals surface area contributed by atoms with Crippen LogP contribution in [0.25, 0.3) is 0 Å². The molecule has 0 saturated heterocycles. The van der Waals surface area contributed by atoms with Crippen LogP contribution in [-0.2, 0) is 6.18 Å². The van der Waals surface area contributed by atoms with Gasteiger partial charge in [-0.25, -0.2) is 13.6 Å². The molecule has 0 bridgehead atoms. The van der Waals surface area contributed by atoms with Gasteiger partial charge in [0.15, 0.2) is 0 Å². The number of alkyl halides is 3. The first-order valence-electron chi connectivity index (χ1n) is 10.0. The first-order chi connectivity index (χ1) is 16.3. The summed E-state index contributed by atoms with van der Waals surface area (Å²) in [5.41, 5.74) is -0.601. The number of imide groups is 1. The van der Waals surface area contributed by atoms with E-state index in [9.17, 15) is 31.5 Å². The van der Waals surface area contributed by atoms with Crippen LogP contribution in [-0.4, -0.2) is 11.9 Å². The molecule has 0 aliphatic heterocycles. The molecule has 0 atom stereocenters. The molecule has 11 heteroatoms. The standard InChI is InChI=1S/C24H18ClF5N2O3/c1-11-9-14(24(28,29)30)7-8-18(11)35-21-12(2)10-17(13(3)20(21)25)31-23(34)32-22(33)19-15(26)5-4-6-16(19)27/h4-10H,1-3H3,(H2,31,32,33,34). The number of hydrogen-bond donors (Lipinski definition) is 2. The summed E-state index contributed by atoms with van der Waals surface area (Å²) in [7, 11) is 0.